The standard InChI is InChI=1S/C8H9F3N2O/c1-7(3-14-4-7)6-12-2-5(13-6)8(9,10)11/h2H,3-4H2,1H3,(H,12,13). The van der Waals surface area contributed by atoms with E-state index < -0.39 is 11.9 Å². The van der Waals surface area contributed by atoms with Crippen molar-refractivity contribution in [2.75, 3.05) is 13.2 Å². The SMILES string of the molecule is CC1(c2ncc(C(F)(F)F)[nH]2)COC1. The van der Waals surface area contributed by atoms with E-state index in [0.29, 0.717) is 19.0 Å². The third-order valence-corrected chi connectivity index (χ3v) is 2.29. The molecule has 1 aliphatic rings. The first-order chi connectivity index (χ1) is 6.42. The van der Waals surface area contributed by atoms with Gasteiger partial charge < -0.3 is 9.72 Å². The average Bonchev–Trinajstić information content (AvgIpc) is 2.46. The van der Waals surface area contributed by atoms with Crippen LogP contribution in [0.4, 0.5) is 13.2 Å². The number of hydrogen-bond acceptors (Lipinski definition) is 2. The van der Waals surface area contributed by atoms with Crippen LogP contribution < -0.4 is 0 Å². The maximum Gasteiger partial charge on any atom is 0.432 e. The molecule has 1 N–H and O–H groups in total. The maximum absolute atomic E-state index is 12.2. The number of hydrogen-bond donors (Lipinski definition) is 1. The first-order valence-corrected chi connectivity index (χ1v) is 4.12. The van der Waals surface area contributed by atoms with Crippen LogP contribution in [0.5, 0.6) is 0 Å². The van der Waals surface area contributed by atoms with Gasteiger partial charge in [-0.05, 0) is 6.92 Å². The second kappa shape index (κ2) is 2.73. The predicted octanol–water partition coefficient (Wildman–Crippen LogP) is 1.72. The summed E-state index contributed by atoms with van der Waals surface area (Å²) >= 11 is 0. The van der Waals surface area contributed by atoms with Gasteiger partial charge in [-0.25, -0.2) is 4.98 Å². The van der Waals surface area contributed by atoms with Gasteiger partial charge in [0.1, 0.15) is 11.5 Å². The van der Waals surface area contributed by atoms with Crippen molar-refractivity contribution in [1.82, 2.24) is 9.97 Å². The fourth-order valence-corrected chi connectivity index (χ4v) is 1.32. The van der Waals surface area contributed by atoms with Gasteiger partial charge >= 0.3 is 6.18 Å². The summed E-state index contributed by atoms with van der Waals surface area (Å²) in [6.45, 7) is 2.64. The lowest BCUT2D eigenvalue weighted by atomic mass is 9.88. The first-order valence-electron chi connectivity index (χ1n) is 4.12. The van der Waals surface area contributed by atoms with Gasteiger partial charge in [0.05, 0.1) is 24.8 Å². The van der Waals surface area contributed by atoms with Crippen molar-refractivity contribution in [3.05, 3.63) is 17.7 Å². The molecule has 1 fully saturated rings. The van der Waals surface area contributed by atoms with E-state index >= 15 is 0 Å². The Morgan fingerprint density at radius 3 is 2.50 bits per heavy atom. The van der Waals surface area contributed by atoms with Crippen molar-refractivity contribution in [3.8, 4) is 0 Å². The van der Waals surface area contributed by atoms with Gasteiger partial charge in [-0.2, -0.15) is 13.2 Å². The molecule has 0 aromatic carbocycles. The molecular formula is C8H9F3N2O. The highest BCUT2D eigenvalue weighted by molar-refractivity contribution is 5.15. The molecule has 1 aliphatic heterocycles. The lowest BCUT2D eigenvalue weighted by molar-refractivity contribution is -0.141. The topological polar surface area (TPSA) is 37.9 Å². The van der Waals surface area contributed by atoms with E-state index in [1.807, 2.05) is 6.92 Å². The molecule has 0 unspecified atom stereocenters. The molecule has 1 aromatic rings. The van der Waals surface area contributed by atoms with Crippen molar-refractivity contribution >= 4 is 0 Å². The number of aromatic amines is 1. The average molecular weight is 206 g/mol. The summed E-state index contributed by atoms with van der Waals surface area (Å²) in [5.41, 5.74) is -1.19. The van der Waals surface area contributed by atoms with E-state index in [2.05, 4.69) is 9.97 Å². The van der Waals surface area contributed by atoms with E-state index in [0.717, 1.165) is 6.20 Å². The van der Waals surface area contributed by atoms with Crippen molar-refractivity contribution in [2.45, 2.75) is 18.5 Å². The van der Waals surface area contributed by atoms with E-state index in [-0.39, 0.29) is 5.41 Å². The van der Waals surface area contributed by atoms with Crippen LogP contribution in [0.3, 0.4) is 0 Å². The number of nitrogens with zero attached hydrogens (tertiary/aromatic N) is 1. The minimum absolute atomic E-state index is 0.344. The lowest BCUT2D eigenvalue weighted by Gasteiger charge is -2.36. The summed E-state index contributed by atoms with van der Waals surface area (Å²) in [5, 5.41) is 0. The molecular weight excluding hydrogens is 197 g/mol. The highest BCUT2D eigenvalue weighted by atomic mass is 19.4. The van der Waals surface area contributed by atoms with Gasteiger partial charge in [-0.3, -0.25) is 0 Å². The number of alkyl halides is 3. The lowest BCUT2D eigenvalue weighted by Crippen LogP contribution is -2.44. The van der Waals surface area contributed by atoms with Gasteiger partial charge in [-0.15, -0.1) is 0 Å². The molecule has 0 bridgehead atoms. The molecule has 1 aromatic heterocycles. The summed E-state index contributed by atoms with van der Waals surface area (Å²) in [7, 11) is 0. The summed E-state index contributed by atoms with van der Waals surface area (Å²) in [6, 6.07) is 0. The number of imidazole rings is 1. The minimum Gasteiger partial charge on any atom is -0.379 e. The van der Waals surface area contributed by atoms with Crippen molar-refractivity contribution in [1.29, 1.82) is 0 Å². The smallest absolute Gasteiger partial charge is 0.379 e. The van der Waals surface area contributed by atoms with Gasteiger partial charge in [0.25, 0.3) is 0 Å². The highest BCUT2D eigenvalue weighted by Gasteiger charge is 2.40. The quantitative estimate of drug-likeness (QED) is 0.759. The second-order valence-corrected chi connectivity index (χ2v) is 3.70. The third kappa shape index (κ3) is 1.39. The second-order valence-electron chi connectivity index (χ2n) is 3.70. The minimum atomic E-state index is -4.35. The monoisotopic (exact) mass is 206 g/mol. The van der Waals surface area contributed by atoms with E-state index in [1.54, 1.807) is 0 Å². The molecule has 3 nitrogen and oxygen atoms in total. The van der Waals surface area contributed by atoms with Crippen LogP contribution in [0.2, 0.25) is 0 Å². The molecule has 2 heterocycles. The van der Waals surface area contributed by atoms with E-state index in [4.69, 9.17) is 4.74 Å². The van der Waals surface area contributed by atoms with Gasteiger partial charge in [-0.1, -0.05) is 0 Å². The normalized spacial score (nSPS) is 20.6. The molecule has 2 rings (SSSR count). The molecule has 0 aliphatic carbocycles. The van der Waals surface area contributed by atoms with Gasteiger partial charge in [0.2, 0.25) is 0 Å². The summed E-state index contributed by atoms with van der Waals surface area (Å²) in [6.07, 6.45) is -3.54. The van der Waals surface area contributed by atoms with Crippen LogP contribution in [0.25, 0.3) is 0 Å². The fourth-order valence-electron chi connectivity index (χ4n) is 1.32. The van der Waals surface area contributed by atoms with Crippen molar-refractivity contribution in [3.63, 3.8) is 0 Å². The van der Waals surface area contributed by atoms with Crippen molar-refractivity contribution < 1.29 is 17.9 Å². The van der Waals surface area contributed by atoms with Crippen LogP contribution >= 0.6 is 0 Å². The van der Waals surface area contributed by atoms with Crippen LogP contribution in [0.1, 0.15) is 18.4 Å². The molecule has 0 amide bonds. The summed E-state index contributed by atoms with van der Waals surface area (Å²) in [4.78, 5) is 6.00. The van der Waals surface area contributed by atoms with E-state index in [9.17, 15) is 13.2 Å². The highest BCUT2D eigenvalue weighted by Crippen LogP contribution is 2.33. The maximum atomic E-state index is 12.2. The number of aromatic nitrogens is 2. The molecule has 78 valence electrons. The molecule has 0 saturated carbocycles. The Morgan fingerprint density at radius 2 is 2.14 bits per heavy atom. The number of ether oxygens (including phenoxy) is 1. The molecule has 1 saturated heterocycles. The summed E-state index contributed by atoms with van der Waals surface area (Å²) < 4.78 is 41.6. The molecule has 14 heavy (non-hydrogen) atoms. The Bertz CT molecular complexity index is 341. The largest absolute Gasteiger partial charge is 0.432 e. The fraction of sp³-hybridized carbons (Fsp3) is 0.625. The Balaban J connectivity index is 2.26. The number of H-pyrrole nitrogens is 1. The molecule has 0 atom stereocenters. The Kier molecular flexibility index (Phi) is 1.85. The van der Waals surface area contributed by atoms with Crippen LogP contribution in [0, 0.1) is 0 Å². The third-order valence-electron chi connectivity index (χ3n) is 2.29. The number of halogens is 3. The van der Waals surface area contributed by atoms with E-state index in [1.165, 1.54) is 0 Å². The van der Waals surface area contributed by atoms with Crippen LogP contribution in [-0.4, -0.2) is 23.2 Å². The Morgan fingerprint density at radius 1 is 1.50 bits per heavy atom. The first kappa shape index (κ1) is 9.51. The van der Waals surface area contributed by atoms with Gasteiger partial charge in [0.15, 0.2) is 0 Å². The molecule has 0 spiro atoms. The zero-order chi connectivity index (χ0) is 10.4. The van der Waals surface area contributed by atoms with Crippen LogP contribution in [-0.2, 0) is 16.3 Å². The molecule has 6 heteroatoms. The zero-order valence-electron chi connectivity index (χ0n) is 7.48. The number of rotatable bonds is 1. The predicted molar refractivity (Wildman–Crippen MR) is 41.8 cm³/mol. The van der Waals surface area contributed by atoms with Crippen LogP contribution in [0.15, 0.2) is 6.20 Å². The number of nitrogens with one attached hydrogen (secondary N) is 1. The zero-order valence-corrected chi connectivity index (χ0v) is 7.48. The van der Waals surface area contributed by atoms with Crippen molar-refractivity contribution in [2.24, 2.45) is 0 Å². The summed E-state index contributed by atoms with van der Waals surface area (Å²) in [5.74, 6) is 0.344. The Labute approximate surface area is 78.3 Å². The van der Waals surface area contributed by atoms with Gasteiger partial charge in [0, 0.05) is 0 Å². The Hall–Kier alpha value is -1.04. The molecule has 0 radical (unpaired) electrons.